The van der Waals surface area contributed by atoms with Gasteiger partial charge >= 0.3 is 0 Å². The first-order chi connectivity index (χ1) is 7.61. The number of thioether (sulfide) groups is 1. The molecule has 1 aromatic carbocycles. The fraction of sp³-hybridized carbons (Fsp3) is 0.400. The van der Waals surface area contributed by atoms with E-state index in [9.17, 15) is 8.78 Å². The van der Waals surface area contributed by atoms with Crippen molar-refractivity contribution in [2.45, 2.75) is 13.0 Å². The van der Waals surface area contributed by atoms with Crippen LogP contribution in [-0.2, 0) is 0 Å². The van der Waals surface area contributed by atoms with Gasteiger partial charge in [-0.05, 0) is 33.8 Å². The number of hydrogen-bond acceptors (Lipinski definition) is 3. The Morgan fingerprint density at radius 2 is 2.19 bits per heavy atom. The van der Waals surface area contributed by atoms with Crippen molar-refractivity contribution < 1.29 is 8.78 Å². The summed E-state index contributed by atoms with van der Waals surface area (Å²) in [6.45, 7) is 1.98. The minimum absolute atomic E-state index is 0.0159. The molecule has 1 aromatic rings. The first kappa shape index (κ1) is 13.9. The van der Waals surface area contributed by atoms with Gasteiger partial charge in [-0.15, -0.1) is 0 Å². The molecule has 1 atom stereocenters. The summed E-state index contributed by atoms with van der Waals surface area (Å²) in [5.74, 6) is 5.54. The molecule has 0 aliphatic carbocycles. The minimum Gasteiger partial charge on any atom is -0.271 e. The Morgan fingerprint density at radius 1 is 1.50 bits per heavy atom. The summed E-state index contributed by atoms with van der Waals surface area (Å²) in [5, 5.41) is 0. The second-order valence-corrected chi connectivity index (χ2v) is 5.31. The van der Waals surface area contributed by atoms with Crippen molar-refractivity contribution in [3.8, 4) is 0 Å². The third-order valence-electron chi connectivity index (χ3n) is 2.12. The highest BCUT2D eigenvalue weighted by Gasteiger charge is 2.20. The van der Waals surface area contributed by atoms with Crippen LogP contribution in [0.3, 0.4) is 0 Å². The number of hydrazine groups is 1. The normalized spacial score (nSPS) is 12.8. The first-order valence-corrected chi connectivity index (χ1v) is 6.73. The Bertz CT molecular complexity index is 363. The van der Waals surface area contributed by atoms with Gasteiger partial charge in [-0.25, -0.2) is 8.78 Å². The van der Waals surface area contributed by atoms with Gasteiger partial charge in [0.2, 0.25) is 0 Å². The van der Waals surface area contributed by atoms with Crippen LogP contribution in [0, 0.1) is 11.6 Å². The minimum atomic E-state index is -0.598. The number of rotatable bonds is 5. The van der Waals surface area contributed by atoms with Gasteiger partial charge < -0.3 is 0 Å². The van der Waals surface area contributed by atoms with Crippen LogP contribution in [0.4, 0.5) is 8.78 Å². The number of benzene rings is 1. The molecule has 0 aromatic heterocycles. The smallest absolute Gasteiger partial charge is 0.145 e. The highest BCUT2D eigenvalue weighted by molar-refractivity contribution is 9.10. The molecule has 0 saturated heterocycles. The van der Waals surface area contributed by atoms with E-state index in [1.807, 2.05) is 6.92 Å². The molecule has 1 rings (SSSR count). The zero-order valence-electron chi connectivity index (χ0n) is 8.77. The van der Waals surface area contributed by atoms with E-state index in [0.29, 0.717) is 5.75 Å². The van der Waals surface area contributed by atoms with E-state index in [1.54, 1.807) is 11.8 Å². The second kappa shape index (κ2) is 6.54. The largest absolute Gasteiger partial charge is 0.271 e. The molecule has 16 heavy (non-hydrogen) atoms. The maximum absolute atomic E-state index is 13.7. The molecule has 0 spiro atoms. The molecule has 3 N–H and O–H groups in total. The van der Waals surface area contributed by atoms with Gasteiger partial charge in [0.15, 0.2) is 0 Å². The lowest BCUT2D eigenvalue weighted by molar-refractivity contribution is 0.497. The second-order valence-electron chi connectivity index (χ2n) is 3.14. The molecule has 0 heterocycles. The van der Waals surface area contributed by atoms with Crippen LogP contribution in [0.2, 0.25) is 0 Å². The van der Waals surface area contributed by atoms with E-state index >= 15 is 0 Å². The van der Waals surface area contributed by atoms with Crippen molar-refractivity contribution in [2.24, 2.45) is 5.84 Å². The van der Waals surface area contributed by atoms with Crippen LogP contribution in [-0.4, -0.2) is 11.5 Å². The van der Waals surface area contributed by atoms with Gasteiger partial charge in [0, 0.05) is 11.3 Å². The molecular formula is C10H13BrF2N2S. The van der Waals surface area contributed by atoms with Crippen LogP contribution in [0.25, 0.3) is 0 Å². The van der Waals surface area contributed by atoms with Crippen LogP contribution in [0.5, 0.6) is 0 Å². The molecule has 90 valence electrons. The van der Waals surface area contributed by atoms with E-state index in [0.717, 1.165) is 5.75 Å². The van der Waals surface area contributed by atoms with Crippen LogP contribution < -0.4 is 11.3 Å². The Labute approximate surface area is 106 Å². The maximum atomic E-state index is 13.7. The fourth-order valence-electron chi connectivity index (χ4n) is 1.31. The van der Waals surface area contributed by atoms with Gasteiger partial charge in [0.05, 0.1) is 10.5 Å². The van der Waals surface area contributed by atoms with E-state index in [-0.39, 0.29) is 10.0 Å². The third kappa shape index (κ3) is 3.16. The van der Waals surface area contributed by atoms with Crippen molar-refractivity contribution in [2.75, 3.05) is 11.5 Å². The monoisotopic (exact) mass is 310 g/mol. The summed E-state index contributed by atoms with van der Waals surface area (Å²) in [7, 11) is 0. The Hall–Kier alpha value is -0.170. The zero-order chi connectivity index (χ0) is 12.1. The lowest BCUT2D eigenvalue weighted by atomic mass is 10.1. The Balaban J connectivity index is 3.03. The van der Waals surface area contributed by atoms with Crippen LogP contribution >= 0.6 is 27.7 Å². The number of hydrogen-bond donors (Lipinski definition) is 2. The molecule has 0 radical (unpaired) electrons. The topological polar surface area (TPSA) is 38.0 Å². The van der Waals surface area contributed by atoms with E-state index in [4.69, 9.17) is 5.84 Å². The van der Waals surface area contributed by atoms with Gasteiger partial charge in [-0.2, -0.15) is 11.8 Å². The predicted molar refractivity (Wildman–Crippen MR) is 67.1 cm³/mol. The van der Waals surface area contributed by atoms with Crippen LogP contribution in [0.15, 0.2) is 16.6 Å². The van der Waals surface area contributed by atoms with Crippen molar-refractivity contribution >= 4 is 27.7 Å². The van der Waals surface area contributed by atoms with Gasteiger partial charge in [0.1, 0.15) is 11.6 Å². The number of nitrogens with one attached hydrogen (secondary N) is 1. The average Bonchev–Trinajstić information content (AvgIpc) is 2.28. The summed E-state index contributed by atoms with van der Waals surface area (Å²) in [5.41, 5.74) is 2.42. The SMILES string of the molecule is CCSCC(NN)c1c(F)ccc(Br)c1F. The zero-order valence-corrected chi connectivity index (χ0v) is 11.2. The summed E-state index contributed by atoms with van der Waals surface area (Å²) < 4.78 is 27.5. The van der Waals surface area contributed by atoms with Gasteiger partial charge in [-0.3, -0.25) is 11.3 Å². The third-order valence-corrected chi connectivity index (χ3v) is 3.71. The summed E-state index contributed by atoms with van der Waals surface area (Å²) in [4.78, 5) is 0. The lowest BCUT2D eigenvalue weighted by Gasteiger charge is -2.17. The van der Waals surface area contributed by atoms with E-state index in [1.165, 1.54) is 12.1 Å². The highest BCUT2D eigenvalue weighted by atomic mass is 79.9. The highest BCUT2D eigenvalue weighted by Crippen LogP contribution is 2.28. The number of nitrogens with two attached hydrogens (primary N) is 1. The Kier molecular flexibility index (Phi) is 5.68. The van der Waals surface area contributed by atoms with E-state index in [2.05, 4.69) is 21.4 Å². The number of halogens is 3. The molecule has 6 heteroatoms. The first-order valence-electron chi connectivity index (χ1n) is 4.79. The van der Waals surface area contributed by atoms with Crippen LogP contribution in [0.1, 0.15) is 18.5 Å². The van der Waals surface area contributed by atoms with Crippen molar-refractivity contribution in [1.29, 1.82) is 0 Å². The average molecular weight is 311 g/mol. The Morgan fingerprint density at radius 3 is 2.75 bits per heavy atom. The molecule has 0 aliphatic heterocycles. The molecule has 0 bridgehead atoms. The summed E-state index contributed by atoms with van der Waals surface area (Å²) in [6, 6.07) is 2.04. The van der Waals surface area contributed by atoms with Crippen molar-refractivity contribution in [1.82, 2.24) is 5.43 Å². The molecular weight excluding hydrogens is 298 g/mol. The lowest BCUT2D eigenvalue weighted by Crippen LogP contribution is -2.31. The molecule has 0 amide bonds. The van der Waals surface area contributed by atoms with E-state index < -0.39 is 17.7 Å². The van der Waals surface area contributed by atoms with Gasteiger partial charge in [-0.1, -0.05) is 6.92 Å². The van der Waals surface area contributed by atoms with Crippen molar-refractivity contribution in [3.63, 3.8) is 0 Å². The van der Waals surface area contributed by atoms with Crippen molar-refractivity contribution in [3.05, 3.63) is 33.8 Å². The molecule has 0 fully saturated rings. The fourth-order valence-corrected chi connectivity index (χ4v) is 2.39. The molecule has 1 unspecified atom stereocenters. The maximum Gasteiger partial charge on any atom is 0.145 e. The molecule has 2 nitrogen and oxygen atoms in total. The summed E-state index contributed by atoms with van der Waals surface area (Å²) >= 11 is 4.60. The summed E-state index contributed by atoms with van der Waals surface area (Å²) in [6.07, 6.45) is 0. The molecule has 0 saturated carbocycles. The van der Waals surface area contributed by atoms with Gasteiger partial charge in [0.25, 0.3) is 0 Å². The quantitative estimate of drug-likeness (QED) is 0.499. The molecule has 0 aliphatic rings. The predicted octanol–water partition coefficient (Wildman–Crippen LogP) is 2.98. The standard InChI is InChI=1S/C10H13BrF2N2S/c1-2-16-5-8(15-14)9-7(12)4-3-6(11)10(9)13/h3-4,8,15H,2,5,14H2,1H3.